The Morgan fingerprint density at radius 1 is 1.09 bits per heavy atom. The van der Waals surface area contributed by atoms with E-state index in [1.54, 1.807) is 6.07 Å². The molecule has 22 heavy (non-hydrogen) atoms. The first-order chi connectivity index (χ1) is 10.3. The highest BCUT2D eigenvalue weighted by Gasteiger charge is 2.60. The molecule has 0 aliphatic heterocycles. The minimum absolute atomic E-state index is 0.103. The summed E-state index contributed by atoms with van der Waals surface area (Å²) in [6, 6.07) is 5.50. The first-order valence-electron chi connectivity index (χ1n) is 7.21. The molecule has 6 heteroatoms. The fourth-order valence-corrected chi connectivity index (χ4v) is 4.24. The number of aromatic nitrogens is 1. The van der Waals surface area contributed by atoms with Crippen molar-refractivity contribution >= 4 is 15.9 Å². The van der Waals surface area contributed by atoms with Crippen LogP contribution in [0.15, 0.2) is 22.7 Å². The number of nitrogens with zero attached hydrogens (tertiary/aromatic N) is 1. The van der Waals surface area contributed by atoms with Crippen LogP contribution in [0.2, 0.25) is 0 Å². The first-order valence-corrected chi connectivity index (χ1v) is 8.01. The molecule has 2 unspecified atom stereocenters. The summed E-state index contributed by atoms with van der Waals surface area (Å²) in [7, 11) is 0. The van der Waals surface area contributed by atoms with Crippen LogP contribution < -0.4 is 0 Å². The van der Waals surface area contributed by atoms with E-state index in [0.717, 1.165) is 10.0 Å². The van der Waals surface area contributed by atoms with Gasteiger partial charge in [-0.3, -0.25) is 4.57 Å². The number of hydrogen-bond donors (Lipinski definition) is 4. The lowest BCUT2D eigenvalue weighted by Gasteiger charge is -2.22. The van der Waals surface area contributed by atoms with Gasteiger partial charge in [-0.1, -0.05) is 15.9 Å². The second kappa shape index (κ2) is 4.28. The van der Waals surface area contributed by atoms with Gasteiger partial charge in [0, 0.05) is 27.4 Å². The number of aromatic hydroxyl groups is 2. The summed E-state index contributed by atoms with van der Waals surface area (Å²) in [5.41, 5.74) is 2.57. The predicted octanol–water partition coefficient (Wildman–Crippen LogP) is 2.61. The summed E-state index contributed by atoms with van der Waals surface area (Å²) in [5, 5.41) is 41.6. The van der Waals surface area contributed by atoms with Crippen molar-refractivity contribution in [2.75, 3.05) is 0 Å². The van der Waals surface area contributed by atoms with Crippen molar-refractivity contribution in [3.05, 3.63) is 39.4 Å². The lowest BCUT2D eigenvalue weighted by atomic mass is 9.95. The van der Waals surface area contributed by atoms with Crippen molar-refractivity contribution in [1.82, 2.24) is 4.57 Å². The second-order valence-electron chi connectivity index (χ2n) is 6.21. The van der Waals surface area contributed by atoms with Gasteiger partial charge in [0.25, 0.3) is 0 Å². The first kappa shape index (κ1) is 14.1. The minimum atomic E-state index is -1.87. The van der Waals surface area contributed by atoms with Crippen LogP contribution in [0.4, 0.5) is 0 Å². The summed E-state index contributed by atoms with van der Waals surface area (Å²) < 4.78 is 2.32. The number of hydrogen-bond acceptors (Lipinski definition) is 4. The molecule has 1 aromatic heterocycles. The van der Waals surface area contributed by atoms with Crippen LogP contribution in [0.3, 0.4) is 0 Å². The molecule has 0 amide bonds. The summed E-state index contributed by atoms with van der Waals surface area (Å²) in [6.45, 7) is 1.93. The Hall–Kier alpha value is -1.50. The third-order valence-corrected chi connectivity index (χ3v) is 5.95. The number of rotatable bonds is 1. The van der Waals surface area contributed by atoms with Crippen molar-refractivity contribution in [2.24, 2.45) is 0 Å². The quantitative estimate of drug-likeness (QED) is 0.585. The van der Waals surface area contributed by atoms with Gasteiger partial charge in [0.2, 0.25) is 11.8 Å². The zero-order valence-electron chi connectivity index (χ0n) is 11.9. The van der Waals surface area contributed by atoms with Gasteiger partial charge in [-0.25, -0.2) is 0 Å². The molecular formula is C16H16BrNO4. The lowest BCUT2D eigenvalue weighted by Crippen LogP contribution is -2.31. The van der Waals surface area contributed by atoms with Crippen molar-refractivity contribution in [3.8, 4) is 17.4 Å². The maximum absolute atomic E-state index is 10.6. The van der Waals surface area contributed by atoms with Crippen LogP contribution >= 0.6 is 15.9 Å². The normalized spacial score (nSPS) is 24.7. The molecule has 2 atom stereocenters. The largest absolute Gasteiger partial charge is 0.494 e. The van der Waals surface area contributed by atoms with E-state index in [-0.39, 0.29) is 11.8 Å². The van der Waals surface area contributed by atoms with Crippen LogP contribution in [0.1, 0.15) is 41.4 Å². The summed E-state index contributed by atoms with van der Waals surface area (Å²) >= 11 is 3.43. The summed E-state index contributed by atoms with van der Waals surface area (Å²) in [4.78, 5) is 0. The number of fused-ring (bicyclic) bond motifs is 5. The average molecular weight is 366 g/mol. The SMILES string of the molecule is Cc1cc(-n2c(O)c3c(c2O)C2CCC3C2(O)O)ccc1Br. The number of benzene rings is 1. The molecule has 1 aromatic carbocycles. The molecule has 116 valence electrons. The minimum Gasteiger partial charge on any atom is -0.494 e. The average Bonchev–Trinajstić information content (AvgIpc) is 2.98. The summed E-state index contributed by atoms with van der Waals surface area (Å²) in [6.07, 6.45) is 1.20. The molecule has 1 saturated carbocycles. The van der Waals surface area contributed by atoms with Crippen LogP contribution in [0, 0.1) is 6.92 Å². The third kappa shape index (κ3) is 1.55. The van der Waals surface area contributed by atoms with Gasteiger partial charge in [0.15, 0.2) is 5.79 Å². The highest BCUT2D eigenvalue weighted by molar-refractivity contribution is 9.10. The maximum Gasteiger partial charge on any atom is 0.202 e. The molecule has 4 N–H and O–H groups in total. The van der Waals surface area contributed by atoms with Crippen molar-refractivity contribution < 1.29 is 20.4 Å². The topological polar surface area (TPSA) is 85.9 Å². The second-order valence-corrected chi connectivity index (χ2v) is 7.06. The standard InChI is InChI=1S/C16H16BrNO4/c1-7-6-8(2-5-11(7)17)18-14(19)12-9-3-4-10(16(9,21)22)13(12)15(18)20/h2,5-6,9-10,19-22H,3-4H2,1H3. The Morgan fingerprint density at radius 3 is 2.14 bits per heavy atom. The molecule has 1 fully saturated rings. The van der Waals surface area contributed by atoms with Gasteiger partial charge in [0.1, 0.15) is 0 Å². The Kier molecular flexibility index (Phi) is 2.74. The highest BCUT2D eigenvalue weighted by atomic mass is 79.9. The monoisotopic (exact) mass is 365 g/mol. The van der Waals surface area contributed by atoms with E-state index in [9.17, 15) is 20.4 Å². The molecule has 2 aliphatic rings. The van der Waals surface area contributed by atoms with Gasteiger partial charge in [0.05, 0.1) is 5.69 Å². The Bertz CT molecular complexity index is 758. The van der Waals surface area contributed by atoms with E-state index in [1.165, 1.54) is 4.57 Å². The van der Waals surface area contributed by atoms with E-state index >= 15 is 0 Å². The molecule has 2 bridgehead atoms. The van der Waals surface area contributed by atoms with Crippen molar-refractivity contribution in [2.45, 2.75) is 37.4 Å². The number of aryl methyl sites for hydroxylation is 1. The molecule has 2 aromatic rings. The van der Waals surface area contributed by atoms with E-state index in [1.807, 2.05) is 19.1 Å². The van der Waals surface area contributed by atoms with Crippen LogP contribution in [0.25, 0.3) is 5.69 Å². The number of aliphatic hydroxyl groups is 2. The van der Waals surface area contributed by atoms with Crippen molar-refractivity contribution in [1.29, 1.82) is 0 Å². The molecule has 1 heterocycles. The maximum atomic E-state index is 10.6. The summed E-state index contributed by atoms with van der Waals surface area (Å²) in [5.74, 6) is -3.16. The molecule has 4 rings (SSSR count). The molecule has 0 spiro atoms. The van der Waals surface area contributed by atoms with E-state index in [0.29, 0.717) is 29.7 Å². The predicted molar refractivity (Wildman–Crippen MR) is 83.4 cm³/mol. The van der Waals surface area contributed by atoms with Gasteiger partial charge in [-0.05, 0) is 43.5 Å². The van der Waals surface area contributed by atoms with E-state index < -0.39 is 17.6 Å². The Labute approximate surface area is 135 Å². The molecular weight excluding hydrogens is 350 g/mol. The Morgan fingerprint density at radius 2 is 1.64 bits per heavy atom. The van der Waals surface area contributed by atoms with Crippen LogP contribution in [0.5, 0.6) is 11.8 Å². The molecule has 0 saturated heterocycles. The molecule has 2 aliphatic carbocycles. The number of halogens is 1. The third-order valence-electron chi connectivity index (χ3n) is 5.06. The van der Waals surface area contributed by atoms with Gasteiger partial charge >= 0.3 is 0 Å². The molecule has 5 nitrogen and oxygen atoms in total. The van der Waals surface area contributed by atoms with Gasteiger partial charge in [-0.15, -0.1) is 0 Å². The molecule has 0 radical (unpaired) electrons. The van der Waals surface area contributed by atoms with E-state index in [2.05, 4.69) is 15.9 Å². The lowest BCUT2D eigenvalue weighted by molar-refractivity contribution is -0.170. The van der Waals surface area contributed by atoms with Gasteiger partial charge < -0.3 is 20.4 Å². The zero-order chi connectivity index (χ0) is 15.8. The zero-order valence-corrected chi connectivity index (χ0v) is 13.5. The fourth-order valence-electron chi connectivity index (χ4n) is 4.00. The van der Waals surface area contributed by atoms with Crippen molar-refractivity contribution in [3.63, 3.8) is 0 Å². The Balaban J connectivity index is 1.94. The van der Waals surface area contributed by atoms with E-state index in [4.69, 9.17) is 0 Å². The van der Waals surface area contributed by atoms with Crippen LogP contribution in [-0.4, -0.2) is 30.8 Å². The van der Waals surface area contributed by atoms with Crippen LogP contribution in [-0.2, 0) is 0 Å². The smallest absolute Gasteiger partial charge is 0.202 e. The van der Waals surface area contributed by atoms with Gasteiger partial charge in [-0.2, -0.15) is 0 Å². The fraction of sp³-hybridized carbons (Fsp3) is 0.375. The highest BCUT2D eigenvalue weighted by Crippen LogP contribution is 2.64.